The van der Waals surface area contributed by atoms with Crippen molar-refractivity contribution in [2.75, 3.05) is 13.6 Å². The lowest BCUT2D eigenvalue weighted by Crippen LogP contribution is -2.40. The van der Waals surface area contributed by atoms with E-state index in [2.05, 4.69) is 13.0 Å². The summed E-state index contributed by atoms with van der Waals surface area (Å²) in [7, 11) is 1.86. The Morgan fingerprint density at radius 3 is 2.53 bits per heavy atom. The van der Waals surface area contributed by atoms with Crippen LogP contribution in [0.2, 0.25) is 0 Å². The predicted molar refractivity (Wildman–Crippen MR) is 72.9 cm³/mol. The van der Waals surface area contributed by atoms with Crippen LogP contribution in [0.1, 0.15) is 31.7 Å². The predicted octanol–water partition coefficient (Wildman–Crippen LogP) is 2.50. The van der Waals surface area contributed by atoms with Gasteiger partial charge in [-0.25, -0.2) is 0 Å². The molecule has 1 heterocycles. The van der Waals surface area contributed by atoms with Crippen molar-refractivity contribution in [1.82, 2.24) is 4.90 Å². The number of nitrogens with zero attached hydrogens (tertiary/aromatic N) is 1. The van der Waals surface area contributed by atoms with Gasteiger partial charge in [0.15, 0.2) is 0 Å². The van der Waals surface area contributed by atoms with Crippen molar-refractivity contribution in [2.45, 2.75) is 26.8 Å². The van der Waals surface area contributed by atoms with Crippen molar-refractivity contribution in [1.29, 1.82) is 0 Å². The fourth-order valence-electron chi connectivity index (χ4n) is 1.83. The van der Waals surface area contributed by atoms with Crippen molar-refractivity contribution in [3.05, 3.63) is 22.4 Å². The van der Waals surface area contributed by atoms with Crippen LogP contribution in [0.15, 0.2) is 17.5 Å². The number of thiophene rings is 1. The van der Waals surface area contributed by atoms with Crippen LogP contribution in [0, 0.1) is 11.8 Å². The van der Waals surface area contributed by atoms with Gasteiger partial charge in [-0.15, -0.1) is 11.3 Å². The molecule has 2 N–H and O–H groups in total. The van der Waals surface area contributed by atoms with Gasteiger partial charge in [0.25, 0.3) is 0 Å². The second-order valence-corrected chi connectivity index (χ2v) is 5.71. The first kappa shape index (κ1) is 14.2. The number of hydrogen-bond acceptors (Lipinski definition) is 3. The maximum absolute atomic E-state index is 12.3. The first-order valence-corrected chi connectivity index (χ1v) is 6.87. The number of carbonyl (C=O) groups excluding carboxylic acids is 1. The lowest BCUT2D eigenvalue weighted by Gasteiger charge is -2.29. The first-order valence-electron chi connectivity index (χ1n) is 5.99. The number of carbonyl (C=O) groups is 1. The van der Waals surface area contributed by atoms with Gasteiger partial charge in [-0.3, -0.25) is 4.79 Å². The smallest absolute Gasteiger partial charge is 0.227 e. The minimum absolute atomic E-state index is 0.0811. The zero-order valence-electron chi connectivity index (χ0n) is 11.0. The molecule has 0 bridgehead atoms. The van der Waals surface area contributed by atoms with Crippen LogP contribution in [0.5, 0.6) is 0 Å². The molecule has 0 aliphatic heterocycles. The number of hydrogen-bond donors (Lipinski definition) is 1. The Morgan fingerprint density at radius 2 is 2.12 bits per heavy atom. The summed E-state index contributed by atoms with van der Waals surface area (Å²) in [6.07, 6.45) is 0. The molecule has 17 heavy (non-hydrogen) atoms. The number of amides is 1. The van der Waals surface area contributed by atoms with Crippen LogP contribution in [0.3, 0.4) is 0 Å². The fraction of sp³-hybridized carbons (Fsp3) is 0.615. The lowest BCUT2D eigenvalue weighted by atomic mass is 9.94. The summed E-state index contributed by atoms with van der Waals surface area (Å²) in [5, 5.41) is 2.03. The summed E-state index contributed by atoms with van der Waals surface area (Å²) in [5.41, 5.74) is 5.69. The first-order chi connectivity index (χ1) is 7.99. The van der Waals surface area contributed by atoms with Crippen molar-refractivity contribution in [3.63, 3.8) is 0 Å². The molecule has 1 rings (SSSR count). The van der Waals surface area contributed by atoms with Crippen molar-refractivity contribution in [2.24, 2.45) is 17.6 Å². The van der Waals surface area contributed by atoms with Gasteiger partial charge in [0.1, 0.15) is 0 Å². The molecule has 1 aromatic heterocycles. The molecule has 0 spiro atoms. The molecule has 2 unspecified atom stereocenters. The van der Waals surface area contributed by atoms with Crippen molar-refractivity contribution >= 4 is 17.2 Å². The Balaban J connectivity index is 2.75. The number of nitrogens with two attached hydrogens (primary N) is 1. The molecular weight excluding hydrogens is 232 g/mol. The normalized spacial score (nSPS) is 14.7. The topological polar surface area (TPSA) is 46.3 Å². The van der Waals surface area contributed by atoms with Crippen LogP contribution in [-0.4, -0.2) is 24.4 Å². The molecule has 1 amide bonds. The molecule has 0 aliphatic rings. The molecule has 0 fully saturated rings. The second kappa shape index (κ2) is 6.17. The quantitative estimate of drug-likeness (QED) is 0.877. The average molecular weight is 254 g/mol. The monoisotopic (exact) mass is 254 g/mol. The summed E-state index contributed by atoms with van der Waals surface area (Å²) in [6.45, 7) is 6.55. The van der Waals surface area contributed by atoms with E-state index >= 15 is 0 Å². The van der Waals surface area contributed by atoms with Gasteiger partial charge in [-0.1, -0.05) is 19.9 Å². The third-order valence-corrected chi connectivity index (χ3v) is 4.30. The third kappa shape index (κ3) is 3.30. The van der Waals surface area contributed by atoms with Crippen LogP contribution in [0.4, 0.5) is 0 Å². The van der Waals surface area contributed by atoms with Gasteiger partial charge in [0, 0.05) is 18.5 Å². The van der Waals surface area contributed by atoms with Gasteiger partial charge < -0.3 is 10.6 Å². The minimum Gasteiger partial charge on any atom is -0.338 e. The Bertz CT molecular complexity index is 348. The van der Waals surface area contributed by atoms with Crippen molar-refractivity contribution in [3.8, 4) is 0 Å². The zero-order chi connectivity index (χ0) is 13.0. The van der Waals surface area contributed by atoms with E-state index in [0.29, 0.717) is 6.54 Å². The van der Waals surface area contributed by atoms with E-state index in [4.69, 9.17) is 5.73 Å². The fourth-order valence-corrected chi connectivity index (χ4v) is 2.66. The third-order valence-electron chi connectivity index (χ3n) is 3.26. The highest BCUT2D eigenvalue weighted by Crippen LogP contribution is 2.25. The Hall–Kier alpha value is -0.870. The standard InChI is InChI=1S/C13H22N2OS/c1-9(2)11(8-14)13(16)15(4)10(3)12-6-5-7-17-12/h5-7,9-11H,8,14H2,1-4H3. The molecule has 0 aromatic carbocycles. The Kier molecular flexibility index (Phi) is 5.15. The lowest BCUT2D eigenvalue weighted by molar-refractivity contribution is -0.137. The molecule has 0 saturated heterocycles. The number of rotatable bonds is 5. The molecule has 3 nitrogen and oxygen atoms in total. The molecule has 2 atom stereocenters. The van der Waals surface area contributed by atoms with Crippen LogP contribution in [-0.2, 0) is 4.79 Å². The Morgan fingerprint density at radius 1 is 1.47 bits per heavy atom. The van der Waals surface area contributed by atoms with Crippen LogP contribution >= 0.6 is 11.3 Å². The molecular formula is C13H22N2OS. The maximum atomic E-state index is 12.3. The minimum atomic E-state index is -0.0811. The van der Waals surface area contributed by atoms with Crippen molar-refractivity contribution < 1.29 is 4.79 Å². The van der Waals surface area contributed by atoms with Gasteiger partial charge in [-0.05, 0) is 24.3 Å². The van der Waals surface area contributed by atoms with E-state index in [1.54, 1.807) is 11.3 Å². The van der Waals surface area contributed by atoms with Gasteiger partial charge in [0.2, 0.25) is 5.91 Å². The van der Waals surface area contributed by atoms with E-state index in [9.17, 15) is 4.79 Å². The largest absolute Gasteiger partial charge is 0.338 e. The second-order valence-electron chi connectivity index (χ2n) is 4.73. The van der Waals surface area contributed by atoms with E-state index < -0.39 is 0 Å². The summed E-state index contributed by atoms with van der Waals surface area (Å²) in [5.74, 6) is 0.344. The maximum Gasteiger partial charge on any atom is 0.227 e. The summed E-state index contributed by atoms with van der Waals surface area (Å²) >= 11 is 1.68. The van der Waals surface area contributed by atoms with E-state index in [0.717, 1.165) is 0 Å². The molecule has 1 aromatic rings. The molecule has 0 saturated carbocycles. The van der Waals surface area contributed by atoms with Gasteiger partial charge in [0.05, 0.1) is 12.0 Å². The van der Waals surface area contributed by atoms with E-state index in [-0.39, 0.29) is 23.8 Å². The molecule has 96 valence electrons. The van der Waals surface area contributed by atoms with Crippen LogP contribution < -0.4 is 5.73 Å². The molecule has 0 radical (unpaired) electrons. The summed E-state index contributed by atoms with van der Waals surface area (Å²) < 4.78 is 0. The zero-order valence-corrected chi connectivity index (χ0v) is 11.8. The highest BCUT2D eigenvalue weighted by Gasteiger charge is 2.27. The highest BCUT2D eigenvalue weighted by molar-refractivity contribution is 7.10. The summed E-state index contributed by atoms with van der Waals surface area (Å²) in [6, 6.07) is 4.19. The summed E-state index contributed by atoms with van der Waals surface area (Å²) in [4.78, 5) is 15.3. The van der Waals surface area contributed by atoms with Gasteiger partial charge in [-0.2, -0.15) is 0 Å². The van der Waals surface area contributed by atoms with Crippen LogP contribution in [0.25, 0.3) is 0 Å². The SMILES string of the molecule is CC(C)C(CN)C(=O)N(C)C(C)c1cccs1. The van der Waals surface area contributed by atoms with Gasteiger partial charge >= 0.3 is 0 Å². The van der Waals surface area contributed by atoms with E-state index in [1.165, 1.54) is 4.88 Å². The highest BCUT2D eigenvalue weighted by atomic mass is 32.1. The average Bonchev–Trinajstić information content (AvgIpc) is 2.80. The van der Waals surface area contributed by atoms with E-state index in [1.807, 2.05) is 37.2 Å². The molecule has 4 heteroatoms. The Labute approximate surface area is 108 Å². The molecule has 0 aliphatic carbocycles.